The fourth-order valence-corrected chi connectivity index (χ4v) is 3.95. The number of likely N-dealkylation sites (tertiary alicyclic amines) is 1. The van der Waals surface area contributed by atoms with Gasteiger partial charge in [0, 0.05) is 42.8 Å². The van der Waals surface area contributed by atoms with Gasteiger partial charge in [-0.05, 0) is 31.5 Å². The lowest BCUT2D eigenvalue weighted by Gasteiger charge is -2.35. The van der Waals surface area contributed by atoms with E-state index in [2.05, 4.69) is 25.3 Å². The summed E-state index contributed by atoms with van der Waals surface area (Å²) < 4.78 is 2.03. The van der Waals surface area contributed by atoms with Gasteiger partial charge in [-0.15, -0.1) is 11.3 Å². The third kappa shape index (κ3) is 3.52. The van der Waals surface area contributed by atoms with E-state index < -0.39 is 0 Å². The Bertz CT molecular complexity index is 755. The Morgan fingerprint density at radius 2 is 2.04 bits per heavy atom. The summed E-state index contributed by atoms with van der Waals surface area (Å²) in [6.45, 7) is 2.96. The molecule has 4 rings (SSSR count). The second-order valence-electron chi connectivity index (χ2n) is 6.06. The van der Waals surface area contributed by atoms with E-state index in [0.717, 1.165) is 30.3 Å². The summed E-state index contributed by atoms with van der Waals surface area (Å²) in [4.78, 5) is 15.8. The molecule has 1 aliphatic heterocycles. The lowest BCUT2D eigenvalue weighted by atomic mass is 10.0. The third-order valence-corrected chi connectivity index (χ3v) is 5.27. The van der Waals surface area contributed by atoms with E-state index in [0.29, 0.717) is 11.9 Å². The maximum atomic E-state index is 4.74. The van der Waals surface area contributed by atoms with Crippen LogP contribution in [0.25, 0.3) is 10.8 Å². The van der Waals surface area contributed by atoms with E-state index in [1.807, 2.05) is 29.2 Å². The summed E-state index contributed by atoms with van der Waals surface area (Å²) in [5.74, 6) is 0.709. The Morgan fingerprint density at radius 3 is 2.88 bits per heavy atom. The molecule has 0 amide bonds. The number of hydrogen-bond donors (Lipinski definition) is 0. The SMILES string of the molecule is c1cnc(-c2nc(CN3CCCC[C@@H]3Cn3cccn3)cs2)nc1. The lowest BCUT2D eigenvalue weighted by Crippen LogP contribution is -2.41. The molecule has 124 valence electrons. The lowest BCUT2D eigenvalue weighted by molar-refractivity contribution is 0.120. The number of nitrogens with zero attached hydrogens (tertiary/aromatic N) is 6. The van der Waals surface area contributed by atoms with Gasteiger partial charge >= 0.3 is 0 Å². The molecule has 0 bridgehead atoms. The van der Waals surface area contributed by atoms with Crippen molar-refractivity contribution in [1.82, 2.24) is 29.6 Å². The van der Waals surface area contributed by atoms with Crippen LogP contribution >= 0.6 is 11.3 Å². The summed E-state index contributed by atoms with van der Waals surface area (Å²) in [5, 5.41) is 7.38. The first kappa shape index (κ1) is 15.4. The van der Waals surface area contributed by atoms with E-state index in [-0.39, 0.29) is 0 Å². The van der Waals surface area contributed by atoms with E-state index in [1.165, 1.54) is 19.3 Å². The van der Waals surface area contributed by atoms with Crippen LogP contribution in [-0.4, -0.2) is 42.2 Å². The van der Waals surface area contributed by atoms with Crippen LogP contribution in [0, 0.1) is 0 Å². The molecule has 0 N–H and O–H groups in total. The van der Waals surface area contributed by atoms with Crippen LogP contribution in [-0.2, 0) is 13.1 Å². The van der Waals surface area contributed by atoms with Gasteiger partial charge in [0.1, 0.15) is 0 Å². The number of rotatable bonds is 5. The largest absolute Gasteiger partial charge is 0.293 e. The average molecular weight is 340 g/mol. The molecule has 0 spiro atoms. The Kier molecular flexibility index (Phi) is 4.62. The van der Waals surface area contributed by atoms with E-state index >= 15 is 0 Å². The highest BCUT2D eigenvalue weighted by molar-refractivity contribution is 7.13. The number of hydrogen-bond acceptors (Lipinski definition) is 6. The van der Waals surface area contributed by atoms with Crippen molar-refractivity contribution in [2.45, 2.75) is 38.4 Å². The molecule has 24 heavy (non-hydrogen) atoms. The minimum Gasteiger partial charge on any atom is -0.293 e. The summed E-state index contributed by atoms with van der Waals surface area (Å²) in [6.07, 6.45) is 11.2. The summed E-state index contributed by atoms with van der Waals surface area (Å²) >= 11 is 1.62. The minimum atomic E-state index is 0.525. The van der Waals surface area contributed by atoms with Crippen molar-refractivity contribution in [2.75, 3.05) is 6.54 Å². The van der Waals surface area contributed by atoms with Crippen molar-refractivity contribution in [1.29, 1.82) is 0 Å². The van der Waals surface area contributed by atoms with Crippen LogP contribution in [0.15, 0.2) is 42.3 Å². The van der Waals surface area contributed by atoms with Crippen LogP contribution in [0.1, 0.15) is 25.0 Å². The van der Waals surface area contributed by atoms with Gasteiger partial charge in [-0.3, -0.25) is 9.58 Å². The van der Waals surface area contributed by atoms with Gasteiger partial charge in [-0.25, -0.2) is 15.0 Å². The predicted molar refractivity (Wildman–Crippen MR) is 93.4 cm³/mol. The molecule has 3 aromatic rings. The second-order valence-corrected chi connectivity index (χ2v) is 6.92. The Labute approximate surface area is 145 Å². The van der Waals surface area contributed by atoms with Crippen molar-refractivity contribution in [2.24, 2.45) is 0 Å². The second kappa shape index (κ2) is 7.19. The highest BCUT2D eigenvalue weighted by atomic mass is 32.1. The van der Waals surface area contributed by atoms with Crippen molar-refractivity contribution in [3.63, 3.8) is 0 Å². The van der Waals surface area contributed by atoms with Crippen LogP contribution in [0.3, 0.4) is 0 Å². The van der Waals surface area contributed by atoms with Gasteiger partial charge in [0.2, 0.25) is 0 Å². The maximum Gasteiger partial charge on any atom is 0.188 e. The van der Waals surface area contributed by atoms with Crippen molar-refractivity contribution < 1.29 is 0 Å². The normalized spacial score (nSPS) is 18.8. The monoisotopic (exact) mass is 340 g/mol. The minimum absolute atomic E-state index is 0.525. The Morgan fingerprint density at radius 1 is 1.12 bits per heavy atom. The molecular weight excluding hydrogens is 320 g/mol. The first-order valence-corrected chi connectivity index (χ1v) is 9.20. The number of aromatic nitrogens is 5. The molecule has 1 saturated heterocycles. The van der Waals surface area contributed by atoms with Crippen molar-refractivity contribution in [3.05, 3.63) is 48.0 Å². The Balaban J connectivity index is 1.46. The molecular formula is C17H20N6S. The standard InChI is InChI=1S/C17H20N6S/c1-2-9-22(15(5-1)12-23-10-4-8-20-23)11-14-13-24-17(21-14)16-18-6-3-7-19-16/h3-4,6-8,10,13,15H,1-2,5,9,11-12H2/t15-/m1/s1. The quantitative estimate of drug-likeness (QED) is 0.715. The van der Waals surface area contributed by atoms with Gasteiger partial charge in [-0.2, -0.15) is 5.10 Å². The number of thiazole rings is 1. The molecule has 0 saturated carbocycles. The Hall–Kier alpha value is -2.12. The predicted octanol–water partition coefficient (Wildman–Crippen LogP) is 2.85. The van der Waals surface area contributed by atoms with Crippen LogP contribution in [0.5, 0.6) is 0 Å². The molecule has 6 nitrogen and oxygen atoms in total. The molecule has 0 aromatic carbocycles. The molecule has 7 heteroatoms. The zero-order valence-corrected chi connectivity index (χ0v) is 14.3. The van der Waals surface area contributed by atoms with Crippen molar-refractivity contribution in [3.8, 4) is 10.8 Å². The zero-order valence-electron chi connectivity index (χ0n) is 13.5. The summed E-state index contributed by atoms with van der Waals surface area (Å²) in [7, 11) is 0. The highest BCUT2D eigenvalue weighted by Gasteiger charge is 2.24. The van der Waals surface area contributed by atoms with E-state index in [1.54, 1.807) is 23.7 Å². The number of piperidine rings is 1. The average Bonchev–Trinajstić information content (AvgIpc) is 3.29. The van der Waals surface area contributed by atoms with Gasteiger partial charge in [-0.1, -0.05) is 6.42 Å². The summed E-state index contributed by atoms with van der Waals surface area (Å²) in [6, 6.07) is 4.34. The highest BCUT2D eigenvalue weighted by Crippen LogP contribution is 2.24. The van der Waals surface area contributed by atoms with Gasteiger partial charge < -0.3 is 0 Å². The smallest absolute Gasteiger partial charge is 0.188 e. The first-order valence-electron chi connectivity index (χ1n) is 8.32. The fraction of sp³-hybridized carbons (Fsp3) is 0.412. The first-order chi connectivity index (χ1) is 11.9. The van der Waals surface area contributed by atoms with Crippen LogP contribution in [0.4, 0.5) is 0 Å². The van der Waals surface area contributed by atoms with E-state index in [4.69, 9.17) is 4.98 Å². The maximum absolute atomic E-state index is 4.74. The van der Waals surface area contributed by atoms with Crippen LogP contribution < -0.4 is 0 Å². The zero-order chi connectivity index (χ0) is 16.2. The topological polar surface area (TPSA) is 59.7 Å². The van der Waals surface area contributed by atoms with Gasteiger partial charge in [0.05, 0.1) is 12.2 Å². The van der Waals surface area contributed by atoms with Gasteiger partial charge in [0.25, 0.3) is 0 Å². The van der Waals surface area contributed by atoms with Crippen LogP contribution in [0.2, 0.25) is 0 Å². The fourth-order valence-electron chi connectivity index (χ4n) is 3.20. The molecule has 1 atom stereocenters. The third-order valence-electron chi connectivity index (χ3n) is 4.38. The van der Waals surface area contributed by atoms with Crippen molar-refractivity contribution >= 4 is 11.3 Å². The van der Waals surface area contributed by atoms with Gasteiger partial charge in [0.15, 0.2) is 10.8 Å². The molecule has 1 fully saturated rings. The van der Waals surface area contributed by atoms with E-state index in [9.17, 15) is 0 Å². The molecule has 0 aliphatic carbocycles. The molecule has 0 radical (unpaired) electrons. The molecule has 3 aromatic heterocycles. The molecule has 4 heterocycles. The molecule has 1 aliphatic rings. The molecule has 0 unspecified atom stereocenters. The summed E-state index contributed by atoms with van der Waals surface area (Å²) in [5.41, 5.74) is 1.11.